The van der Waals surface area contributed by atoms with Crippen molar-refractivity contribution in [2.24, 2.45) is 7.05 Å². The second kappa shape index (κ2) is 5.92. The molecule has 1 aliphatic carbocycles. The molecule has 7 heteroatoms. The van der Waals surface area contributed by atoms with Crippen molar-refractivity contribution in [2.45, 2.75) is 48.6 Å². The SMILES string of the molecule is CCNC1(C(=O)O)CCCC(Sc2nncn2C)C1. The van der Waals surface area contributed by atoms with Gasteiger partial charge in [-0.2, -0.15) is 0 Å². The summed E-state index contributed by atoms with van der Waals surface area (Å²) in [6.07, 6.45) is 4.95. The van der Waals surface area contributed by atoms with Crippen LogP contribution in [-0.4, -0.2) is 43.2 Å². The third kappa shape index (κ3) is 3.09. The number of thioether (sulfide) groups is 1. The van der Waals surface area contributed by atoms with E-state index < -0.39 is 11.5 Å². The van der Waals surface area contributed by atoms with Crippen LogP contribution in [0.2, 0.25) is 0 Å². The fraction of sp³-hybridized carbons (Fsp3) is 0.750. The van der Waals surface area contributed by atoms with E-state index in [2.05, 4.69) is 15.5 Å². The first kappa shape index (κ1) is 14.3. The van der Waals surface area contributed by atoms with Crippen molar-refractivity contribution < 1.29 is 9.90 Å². The lowest BCUT2D eigenvalue weighted by Crippen LogP contribution is -2.55. The number of nitrogens with one attached hydrogen (secondary N) is 1. The van der Waals surface area contributed by atoms with Gasteiger partial charge in [0.1, 0.15) is 11.9 Å². The molecule has 0 aliphatic heterocycles. The van der Waals surface area contributed by atoms with Gasteiger partial charge in [-0.05, 0) is 32.2 Å². The van der Waals surface area contributed by atoms with Gasteiger partial charge in [0.05, 0.1) is 0 Å². The Kier molecular flexibility index (Phi) is 4.46. The molecule has 0 radical (unpaired) electrons. The average molecular weight is 284 g/mol. The van der Waals surface area contributed by atoms with E-state index >= 15 is 0 Å². The molecule has 1 fully saturated rings. The van der Waals surface area contributed by atoms with Gasteiger partial charge in [0.2, 0.25) is 0 Å². The third-order valence-electron chi connectivity index (χ3n) is 3.57. The number of nitrogens with zero attached hydrogens (tertiary/aromatic N) is 3. The number of hydrogen-bond donors (Lipinski definition) is 2. The van der Waals surface area contributed by atoms with Gasteiger partial charge in [0.25, 0.3) is 0 Å². The summed E-state index contributed by atoms with van der Waals surface area (Å²) in [5.41, 5.74) is -0.775. The van der Waals surface area contributed by atoms with Crippen LogP contribution in [0.4, 0.5) is 0 Å². The highest BCUT2D eigenvalue weighted by Gasteiger charge is 2.42. The highest BCUT2D eigenvalue weighted by Crippen LogP contribution is 2.37. The summed E-state index contributed by atoms with van der Waals surface area (Å²) in [5.74, 6) is -0.738. The molecular formula is C12H20N4O2S. The molecule has 2 N–H and O–H groups in total. The zero-order valence-corrected chi connectivity index (χ0v) is 12.1. The normalized spacial score (nSPS) is 27.4. The zero-order valence-electron chi connectivity index (χ0n) is 11.3. The number of likely N-dealkylation sites (N-methyl/N-ethyl adjacent to an activating group) is 1. The number of aryl methyl sites for hydroxylation is 1. The topological polar surface area (TPSA) is 80.0 Å². The van der Waals surface area contributed by atoms with Crippen molar-refractivity contribution in [3.63, 3.8) is 0 Å². The molecule has 2 unspecified atom stereocenters. The van der Waals surface area contributed by atoms with Crippen LogP contribution in [-0.2, 0) is 11.8 Å². The largest absolute Gasteiger partial charge is 0.480 e. The fourth-order valence-electron chi connectivity index (χ4n) is 2.62. The maximum Gasteiger partial charge on any atom is 0.323 e. The van der Waals surface area contributed by atoms with E-state index in [1.807, 2.05) is 18.5 Å². The van der Waals surface area contributed by atoms with E-state index in [0.29, 0.717) is 19.4 Å². The molecule has 19 heavy (non-hydrogen) atoms. The minimum atomic E-state index is -0.775. The van der Waals surface area contributed by atoms with Gasteiger partial charge in [0.15, 0.2) is 5.16 Å². The van der Waals surface area contributed by atoms with Crippen molar-refractivity contribution in [2.75, 3.05) is 6.54 Å². The van der Waals surface area contributed by atoms with E-state index in [0.717, 1.165) is 18.0 Å². The summed E-state index contributed by atoms with van der Waals surface area (Å²) in [6, 6.07) is 0. The number of aliphatic carboxylic acids is 1. The number of carboxylic acid groups (broad SMARTS) is 1. The van der Waals surface area contributed by atoms with Crippen molar-refractivity contribution >= 4 is 17.7 Å². The summed E-state index contributed by atoms with van der Waals surface area (Å²) in [4.78, 5) is 11.6. The molecule has 1 aromatic rings. The molecule has 0 saturated heterocycles. The van der Waals surface area contributed by atoms with E-state index in [1.54, 1.807) is 18.1 Å². The number of aromatic nitrogens is 3. The molecule has 1 heterocycles. The van der Waals surface area contributed by atoms with Crippen molar-refractivity contribution in [3.8, 4) is 0 Å². The fourth-order valence-corrected chi connectivity index (χ4v) is 3.88. The highest BCUT2D eigenvalue weighted by molar-refractivity contribution is 7.99. The Bertz CT molecular complexity index is 447. The highest BCUT2D eigenvalue weighted by atomic mass is 32.2. The summed E-state index contributed by atoms with van der Waals surface area (Å²) < 4.78 is 1.87. The maximum atomic E-state index is 11.6. The Hall–Kier alpha value is -1.08. The lowest BCUT2D eigenvalue weighted by molar-refractivity contribution is -0.146. The first-order valence-electron chi connectivity index (χ1n) is 6.56. The molecule has 0 aromatic carbocycles. The van der Waals surface area contributed by atoms with Gasteiger partial charge >= 0.3 is 5.97 Å². The van der Waals surface area contributed by atoms with Gasteiger partial charge < -0.3 is 15.0 Å². The minimum absolute atomic E-state index is 0.270. The second-order valence-corrected chi connectivity index (χ2v) is 6.25. The van der Waals surface area contributed by atoms with E-state index in [1.165, 1.54) is 0 Å². The number of rotatable bonds is 5. The van der Waals surface area contributed by atoms with E-state index in [4.69, 9.17) is 0 Å². The average Bonchev–Trinajstić information content (AvgIpc) is 2.76. The van der Waals surface area contributed by atoms with Crippen LogP contribution in [0.1, 0.15) is 32.6 Å². The standard InChI is InChI=1S/C12H20N4O2S/c1-3-13-12(10(17)18)6-4-5-9(7-12)19-11-15-14-8-16(11)2/h8-9,13H,3-7H2,1-2H3,(H,17,18). The molecular weight excluding hydrogens is 264 g/mol. The predicted octanol–water partition coefficient (Wildman–Crippen LogP) is 1.28. The molecule has 0 amide bonds. The first-order valence-corrected chi connectivity index (χ1v) is 7.44. The van der Waals surface area contributed by atoms with Crippen LogP contribution in [0.5, 0.6) is 0 Å². The number of carbonyl (C=O) groups is 1. The number of carboxylic acids is 1. The van der Waals surface area contributed by atoms with Crippen LogP contribution in [0.25, 0.3) is 0 Å². The van der Waals surface area contributed by atoms with Gasteiger partial charge in [-0.1, -0.05) is 18.7 Å². The molecule has 106 valence electrons. The van der Waals surface area contributed by atoms with Crippen LogP contribution >= 0.6 is 11.8 Å². The Balaban J connectivity index is 2.07. The molecule has 0 bridgehead atoms. The summed E-state index contributed by atoms with van der Waals surface area (Å²) in [6.45, 7) is 2.62. The molecule has 1 saturated carbocycles. The van der Waals surface area contributed by atoms with Gasteiger partial charge in [-0.15, -0.1) is 10.2 Å². The number of hydrogen-bond acceptors (Lipinski definition) is 5. The zero-order chi connectivity index (χ0) is 13.9. The van der Waals surface area contributed by atoms with Crippen LogP contribution < -0.4 is 5.32 Å². The van der Waals surface area contributed by atoms with Crippen molar-refractivity contribution in [1.29, 1.82) is 0 Å². The second-order valence-electron chi connectivity index (χ2n) is 4.98. The summed E-state index contributed by atoms with van der Waals surface area (Å²) >= 11 is 1.63. The maximum absolute atomic E-state index is 11.6. The predicted molar refractivity (Wildman–Crippen MR) is 73.2 cm³/mol. The monoisotopic (exact) mass is 284 g/mol. The Labute approximate surface area is 117 Å². The summed E-state index contributed by atoms with van der Waals surface area (Å²) in [7, 11) is 1.90. The van der Waals surface area contributed by atoms with Gasteiger partial charge in [-0.3, -0.25) is 4.79 Å². The van der Waals surface area contributed by atoms with Gasteiger partial charge in [-0.25, -0.2) is 0 Å². The molecule has 1 aromatic heterocycles. The Morgan fingerprint density at radius 2 is 2.53 bits per heavy atom. The lowest BCUT2D eigenvalue weighted by atomic mass is 9.81. The molecule has 2 atom stereocenters. The Morgan fingerprint density at radius 1 is 1.74 bits per heavy atom. The van der Waals surface area contributed by atoms with Crippen LogP contribution in [0.3, 0.4) is 0 Å². The molecule has 0 spiro atoms. The Morgan fingerprint density at radius 3 is 3.11 bits per heavy atom. The first-order chi connectivity index (χ1) is 9.07. The van der Waals surface area contributed by atoms with Crippen LogP contribution in [0, 0.1) is 0 Å². The van der Waals surface area contributed by atoms with Crippen molar-refractivity contribution in [1.82, 2.24) is 20.1 Å². The van der Waals surface area contributed by atoms with Gasteiger partial charge in [0, 0.05) is 12.3 Å². The smallest absolute Gasteiger partial charge is 0.323 e. The molecule has 6 nitrogen and oxygen atoms in total. The third-order valence-corrected chi connectivity index (χ3v) is 4.89. The molecule has 1 aliphatic rings. The quantitative estimate of drug-likeness (QED) is 0.848. The summed E-state index contributed by atoms with van der Waals surface area (Å²) in [5, 5.41) is 21.7. The van der Waals surface area contributed by atoms with E-state index in [-0.39, 0.29) is 5.25 Å². The van der Waals surface area contributed by atoms with Crippen molar-refractivity contribution in [3.05, 3.63) is 6.33 Å². The van der Waals surface area contributed by atoms with E-state index in [9.17, 15) is 9.90 Å². The lowest BCUT2D eigenvalue weighted by Gasteiger charge is -2.37. The minimum Gasteiger partial charge on any atom is -0.480 e. The van der Waals surface area contributed by atoms with Crippen LogP contribution in [0.15, 0.2) is 11.5 Å². The molecule has 2 rings (SSSR count).